The van der Waals surface area contributed by atoms with Gasteiger partial charge in [-0.2, -0.15) is 0 Å². The van der Waals surface area contributed by atoms with E-state index in [1.54, 1.807) is 0 Å². The second-order valence-electron chi connectivity index (χ2n) is 9.30. The molecule has 0 aromatic heterocycles. The van der Waals surface area contributed by atoms with Gasteiger partial charge in [0.2, 0.25) is 0 Å². The summed E-state index contributed by atoms with van der Waals surface area (Å²) in [6.07, 6.45) is 0. The first-order valence-corrected chi connectivity index (χ1v) is 7.19. The molecule has 0 N–H and O–H groups in total. The predicted octanol–water partition coefficient (Wildman–Crippen LogP) is 4.95. The van der Waals surface area contributed by atoms with E-state index in [1.807, 2.05) is 0 Å². The maximum absolute atomic E-state index is 12.4. The van der Waals surface area contributed by atoms with Gasteiger partial charge in [0.15, 0.2) is 0 Å². The second-order valence-corrected chi connectivity index (χ2v) is 9.30. The smallest absolute Gasteiger partial charge is 0.141 e. The van der Waals surface area contributed by atoms with Crippen LogP contribution in [-0.4, -0.2) is 5.78 Å². The average molecular weight is 252 g/mol. The molecule has 0 heterocycles. The molecule has 1 rings (SSSR count). The lowest BCUT2D eigenvalue weighted by Crippen LogP contribution is -2.37. The highest BCUT2D eigenvalue weighted by Crippen LogP contribution is 2.64. The summed E-state index contributed by atoms with van der Waals surface area (Å²) in [4.78, 5) is 12.4. The van der Waals surface area contributed by atoms with Crippen LogP contribution in [0.2, 0.25) is 0 Å². The highest BCUT2D eigenvalue weighted by atomic mass is 16.1. The van der Waals surface area contributed by atoms with Crippen LogP contribution in [0.1, 0.15) is 69.2 Å². The number of carbonyl (C=O) groups excluding carboxylic acids is 1. The SMILES string of the molecule is CC(C)(C)C(C)(C)[C@@H]1C(=O)[C@H]1C(C)(C)C(C)(C)C. The Kier molecular flexibility index (Phi) is 3.35. The third-order valence-corrected chi connectivity index (χ3v) is 6.26. The van der Waals surface area contributed by atoms with E-state index in [4.69, 9.17) is 0 Å². The third-order valence-electron chi connectivity index (χ3n) is 6.26. The third kappa shape index (κ3) is 2.14. The van der Waals surface area contributed by atoms with Gasteiger partial charge in [0.1, 0.15) is 5.78 Å². The Morgan fingerprint density at radius 2 is 0.833 bits per heavy atom. The van der Waals surface area contributed by atoms with Crippen LogP contribution in [0.15, 0.2) is 0 Å². The number of rotatable bonds is 2. The summed E-state index contributed by atoms with van der Waals surface area (Å²) in [6.45, 7) is 22.5. The van der Waals surface area contributed by atoms with E-state index in [1.165, 1.54) is 0 Å². The summed E-state index contributed by atoms with van der Waals surface area (Å²) in [6, 6.07) is 0. The van der Waals surface area contributed by atoms with Crippen LogP contribution >= 0.6 is 0 Å². The highest BCUT2D eigenvalue weighted by Gasteiger charge is 2.66. The van der Waals surface area contributed by atoms with Crippen molar-refractivity contribution in [2.24, 2.45) is 33.5 Å². The van der Waals surface area contributed by atoms with E-state index in [2.05, 4.69) is 69.2 Å². The number of ketones is 1. The molecule has 0 bridgehead atoms. The molecule has 0 saturated heterocycles. The maximum Gasteiger partial charge on any atom is 0.141 e. The zero-order valence-electron chi connectivity index (χ0n) is 14.1. The fourth-order valence-corrected chi connectivity index (χ4v) is 2.72. The van der Waals surface area contributed by atoms with Gasteiger partial charge in [-0.15, -0.1) is 0 Å². The minimum absolute atomic E-state index is 0.0667. The zero-order valence-corrected chi connectivity index (χ0v) is 14.1. The van der Waals surface area contributed by atoms with Gasteiger partial charge in [0.05, 0.1) is 0 Å². The highest BCUT2D eigenvalue weighted by molar-refractivity contribution is 6.01. The molecular weight excluding hydrogens is 220 g/mol. The molecule has 2 atom stereocenters. The summed E-state index contributed by atoms with van der Waals surface area (Å²) in [7, 11) is 0. The molecule has 1 saturated carbocycles. The van der Waals surface area contributed by atoms with Gasteiger partial charge >= 0.3 is 0 Å². The minimum atomic E-state index is 0.0667. The number of Topliss-reactive ketones (excluding diaryl/α,β-unsaturated/α-hetero) is 1. The molecule has 0 amide bonds. The second kappa shape index (κ2) is 3.84. The summed E-state index contributed by atoms with van der Waals surface area (Å²) in [5.74, 6) is 0.938. The maximum atomic E-state index is 12.4. The molecule has 1 heteroatoms. The quantitative estimate of drug-likeness (QED) is 0.680. The van der Waals surface area contributed by atoms with Gasteiger partial charge in [0.25, 0.3) is 0 Å². The normalized spacial score (nSPS) is 26.4. The first-order valence-electron chi connectivity index (χ1n) is 7.19. The molecule has 1 aliphatic rings. The number of hydrogen-bond acceptors (Lipinski definition) is 1. The minimum Gasteiger partial charge on any atom is -0.299 e. The van der Waals surface area contributed by atoms with E-state index in [0.29, 0.717) is 5.78 Å². The molecule has 18 heavy (non-hydrogen) atoms. The largest absolute Gasteiger partial charge is 0.299 e. The molecule has 0 aromatic rings. The molecule has 1 fully saturated rings. The van der Waals surface area contributed by atoms with E-state index >= 15 is 0 Å². The van der Waals surface area contributed by atoms with Crippen LogP contribution in [0.3, 0.4) is 0 Å². The Labute approximate surface area is 114 Å². The summed E-state index contributed by atoms with van der Waals surface area (Å²) in [5.41, 5.74) is 0.459. The van der Waals surface area contributed by atoms with Gasteiger partial charge in [-0.25, -0.2) is 0 Å². The standard InChI is InChI=1S/C17H32O/c1-14(2,3)16(7,8)11-12(13(11)18)17(9,10)15(4,5)6/h11-12H,1-10H3/t11-,12-/m0/s1. The molecule has 0 radical (unpaired) electrons. The average Bonchev–Trinajstić information content (AvgIpc) is 2.73. The number of carbonyl (C=O) groups is 1. The predicted molar refractivity (Wildman–Crippen MR) is 78.5 cm³/mol. The molecule has 0 aliphatic heterocycles. The Morgan fingerprint density at radius 1 is 0.611 bits per heavy atom. The molecule has 1 nitrogen and oxygen atoms in total. The van der Waals surface area contributed by atoms with Crippen molar-refractivity contribution in [1.29, 1.82) is 0 Å². The molecule has 0 unspecified atom stereocenters. The molecule has 1 aliphatic carbocycles. The fourth-order valence-electron chi connectivity index (χ4n) is 2.72. The lowest BCUT2D eigenvalue weighted by molar-refractivity contribution is -0.115. The lowest BCUT2D eigenvalue weighted by atomic mass is 9.61. The van der Waals surface area contributed by atoms with Crippen molar-refractivity contribution in [2.75, 3.05) is 0 Å². The van der Waals surface area contributed by atoms with E-state index < -0.39 is 0 Å². The summed E-state index contributed by atoms with van der Waals surface area (Å²) < 4.78 is 0. The first-order chi connectivity index (χ1) is 7.65. The van der Waals surface area contributed by atoms with E-state index in [9.17, 15) is 4.79 Å². The Balaban J connectivity index is 3.05. The first kappa shape index (κ1) is 15.7. The van der Waals surface area contributed by atoms with Gasteiger partial charge in [0, 0.05) is 11.8 Å². The van der Waals surface area contributed by atoms with Crippen LogP contribution in [0.5, 0.6) is 0 Å². The lowest BCUT2D eigenvalue weighted by Gasteiger charge is -2.43. The van der Waals surface area contributed by atoms with Gasteiger partial charge in [-0.05, 0) is 21.7 Å². The van der Waals surface area contributed by atoms with E-state index in [-0.39, 0.29) is 33.5 Å². The van der Waals surface area contributed by atoms with Crippen LogP contribution in [0.4, 0.5) is 0 Å². The van der Waals surface area contributed by atoms with Crippen LogP contribution in [-0.2, 0) is 4.79 Å². The Hall–Kier alpha value is -0.330. The molecule has 106 valence electrons. The molecule has 0 aromatic carbocycles. The van der Waals surface area contributed by atoms with E-state index in [0.717, 1.165) is 0 Å². The van der Waals surface area contributed by atoms with Crippen molar-refractivity contribution in [3.63, 3.8) is 0 Å². The summed E-state index contributed by atoms with van der Waals surface area (Å²) in [5, 5.41) is 0. The van der Waals surface area contributed by atoms with Crippen molar-refractivity contribution in [3.8, 4) is 0 Å². The van der Waals surface area contributed by atoms with Crippen LogP contribution < -0.4 is 0 Å². The topological polar surface area (TPSA) is 17.1 Å². The molecular formula is C17H32O. The van der Waals surface area contributed by atoms with Crippen molar-refractivity contribution in [2.45, 2.75) is 69.2 Å². The van der Waals surface area contributed by atoms with Crippen LogP contribution in [0, 0.1) is 33.5 Å². The Bertz CT molecular complexity index is 313. The van der Waals surface area contributed by atoms with Crippen molar-refractivity contribution >= 4 is 5.78 Å². The molecule has 0 spiro atoms. The number of hydrogen-bond donors (Lipinski definition) is 0. The van der Waals surface area contributed by atoms with Gasteiger partial charge in [-0.3, -0.25) is 4.79 Å². The summed E-state index contributed by atoms with van der Waals surface area (Å²) >= 11 is 0. The fraction of sp³-hybridized carbons (Fsp3) is 0.941. The zero-order chi connectivity index (χ0) is 14.7. The van der Waals surface area contributed by atoms with Crippen LogP contribution in [0.25, 0.3) is 0 Å². The van der Waals surface area contributed by atoms with Crippen molar-refractivity contribution in [3.05, 3.63) is 0 Å². The van der Waals surface area contributed by atoms with Gasteiger partial charge in [-0.1, -0.05) is 69.2 Å². The monoisotopic (exact) mass is 252 g/mol. The Morgan fingerprint density at radius 3 is 1.00 bits per heavy atom. The van der Waals surface area contributed by atoms with Crippen molar-refractivity contribution < 1.29 is 4.79 Å². The van der Waals surface area contributed by atoms with Crippen molar-refractivity contribution in [1.82, 2.24) is 0 Å². The van der Waals surface area contributed by atoms with Gasteiger partial charge < -0.3 is 0 Å².